The van der Waals surface area contributed by atoms with Crippen LogP contribution in [0.15, 0.2) is 48.6 Å². The molecular formula is C20H30O5. The van der Waals surface area contributed by atoms with Gasteiger partial charge in [-0.2, -0.15) is 0 Å². The van der Waals surface area contributed by atoms with Gasteiger partial charge in [-0.15, -0.1) is 0 Å². The number of rotatable bonds is 14. The van der Waals surface area contributed by atoms with Crippen LogP contribution in [0.2, 0.25) is 0 Å². The lowest BCUT2D eigenvalue weighted by atomic mass is 10.1. The molecule has 0 aromatic heterocycles. The number of allylic oxidation sites excluding steroid dienone is 6. The summed E-state index contributed by atoms with van der Waals surface area (Å²) in [6, 6.07) is 0. The Bertz CT molecular complexity index is 488. The second kappa shape index (κ2) is 15.5. The number of carbonyl (C=O) groups is 2. The molecule has 140 valence electrons. The van der Waals surface area contributed by atoms with Gasteiger partial charge in [0.2, 0.25) is 0 Å². The summed E-state index contributed by atoms with van der Waals surface area (Å²) in [6.07, 6.45) is 16.6. The van der Waals surface area contributed by atoms with E-state index >= 15 is 0 Å². The summed E-state index contributed by atoms with van der Waals surface area (Å²) in [5.41, 5.74) is 0. The fraction of sp³-hybridized carbons (Fsp3) is 0.500. The highest BCUT2D eigenvalue weighted by Gasteiger charge is 2.01. The first-order valence-corrected chi connectivity index (χ1v) is 8.75. The van der Waals surface area contributed by atoms with Crippen molar-refractivity contribution in [3.8, 4) is 0 Å². The van der Waals surface area contributed by atoms with E-state index in [9.17, 15) is 19.8 Å². The number of aliphatic hydroxyl groups excluding tert-OH is 2. The van der Waals surface area contributed by atoms with Crippen molar-refractivity contribution in [2.24, 2.45) is 0 Å². The smallest absolute Gasteiger partial charge is 0.327 e. The summed E-state index contributed by atoms with van der Waals surface area (Å²) in [7, 11) is 0. The first-order valence-electron chi connectivity index (χ1n) is 8.75. The largest absolute Gasteiger partial charge is 0.478 e. The number of ketones is 1. The van der Waals surface area contributed by atoms with Gasteiger partial charge >= 0.3 is 5.97 Å². The predicted octanol–water partition coefficient (Wildman–Crippen LogP) is 3.34. The topological polar surface area (TPSA) is 94.8 Å². The predicted molar refractivity (Wildman–Crippen MR) is 99.2 cm³/mol. The van der Waals surface area contributed by atoms with Crippen LogP contribution in [-0.4, -0.2) is 39.3 Å². The molecule has 0 rings (SSSR count). The molecule has 0 aliphatic carbocycles. The zero-order valence-electron chi connectivity index (χ0n) is 14.9. The maximum absolute atomic E-state index is 11.4. The Balaban J connectivity index is 3.83. The fourth-order valence-electron chi connectivity index (χ4n) is 2.04. The van der Waals surface area contributed by atoms with E-state index in [-0.39, 0.29) is 18.3 Å². The molecule has 0 spiro atoms. The number of carboxylic acid groups (broad SMARTS) is 1. The lowest BCUT2D eigenvalue weighted by Crippen LogP contribution is -2.04. The van der Waals surface area contributed by atoms with Gasteiger partial charge in [0.05, 0.1) is 12.2 Å². The van der Waals surface area contributed by atoms with Crippen molar-refractivity contribution in [1.29, 1.82) is 0 Å². The summed E-state index contributed by atoms with van der Waals surface area (Å²) in [5, 5.41) is 27.6. The molecule has 5 heteroatoms. The van der Waals surface area contributed by atoms with Gasteiger partial charge in [0.15, 0.2) is 5.78 Å². The Labute approximate surface area is 150 Å². The molecule has 0 amide bonds. The molecule has 2 unspecified atom stereocenters. The van der Waals surface area contributed by atoms with Crippen molar-refractivity contribution in [3.05, 3.63) is 48.6 Å². The molecule has 0 aromatic carbocycles. The van der Waals surface area contributed by atoms with E-state index in [1.807, 2.05) is 6.92 Å². The lowest BCUT2D eigenvalue weighted by molar-refractivity contribution is -0.131. The van der Waals surface area contributed by atoms with Gasteiger partial charge in [0, 0.05) is 12.5 Å². The number of aliphatic hydroxyl groups is 2. The normalized spacial score (nSPS) is 14.8. The molecule has 3 N–H and O–H groups in total. The molecule has 0 saturated heterocycles. The van der Waals surface area contributed by atoms with Crippen molar-refractivity contribution in [2.75, 3.05) is 0 Å². The van der Waals surface area contributed by atoms with Crippen molar-refractivity contribution in [1.82, 2.24) is 0 Å². The van der Waals surface area contributed by atoms with Crippen LogP contribution < -0.4 is 0 Å². The maximum Gasteiger partial charge on any atom is 0.327 e. The number of hydrogen-bond donors (Lipinski definition) is 3. The third-order valence-corrected chi connectivity index (χ3v) is 3.54. The van der Waals surface area contributed by atoms with E-state index in [4.69, 9.17) is 5.11 Å². The second-order valence-corrected chi connectivity index (χ2v) is 5.81. The number of hydrogen-bond acceptors (Lipinski definition) is 4. The third kappa shape index (κ3) is 16.7. The van der Waals surface area contributed by atoms with Crippen molar-refractivity contribution >= 4 is 11.8 Å². The number of carbonyl (C=O) groups excluding carboxylic acids is 1. The molecule has 0 saturated carbocycles. The van der Waals surface area contributed by atoms with Crippen molar-refractivity contribution < 1.29 is 24.9 Å². The lowest BCUT2D eigenvalue weighted by Gasteiger charge is -2.08. The van der Waals surface area contributed by atoms with Gasteiger partial charge in [0.1, 0.15) is 0 Å². The monoisotopic (exact) mass is 350 g/mol. The van der Waals surface area contributed by atoms with E-state index in [1.165, 1.54) is 12.2 Å². The van der Waals surface area contributed by atoms with Crippen LogP contribution in [0, 0.1) is 0 Å². The van der Waals surface area contributed by atoms with Gasteiger partial charge in [-0.05, 0) is 25.3 Å². The molecule has 0 radical (unpaired) electrons. The summed E-state index contributed by atoms with van der Waals surface area (Å²) in [4.78, 5) is 21.6. The van der Waals surface area contributed by atoms with Crippen LogP contribution in [-0.2, 0) is 9.59 Å². The quantitative estimate of drug-likeness (QED) is 0.254. The molecule has 0 aliphatic heterocycles. The fourth-order valence-corrected chi connectivity index (χ4v) is 2.04. The van der Waals surface area contributed by atoms with Crippen LogP contribution in [0.5, 0.6) is 0 Å². The van der Waals surface area contributed by atoms with Crippen molar-refractivity contribution in [2.45, 2.75) is 64.1 Å². The van der Waals surface area contributed by atoms with Crippen LogP contribution in [0.1, 0.15) is 51.9 Å². The minimum absolute atomic E-state index is 0.0560. The SMILES string of the molecule is CCC(O)CCCCCC(O)C=CC=CC=CC(=O)CC=CC(=O)O. The molecule has 2 atom stereocenters. The molecule has 5 nitrogen and oxygen atoms in total. The minimum Gasteiger partial charge on any atom is -0.478 e. The van der Waals surface area contributed by atoms with Gasteiger partial charge < -0.3 is 15.3 Å². The summed E-state index contributed by atoms with van der Waals surface area (Å²) >= 11 is 0. The average Bonchev–Trinajstić information content (AvgIpc) is 2.57. The molecule has 0 aromatic rings. The highest BCUT2D eigenvalue weighted by molar-refractivity contribution is 5.91. The standard InChI is InChI=1S/C20H30O5/c1-2-17(21)11-8-5-9-14-18(22)12-6-3-4-7-13-19(23)15-10-16-20(24)25/h3-4,6-7,10,12-13,16-18,21-22H,2,5,8-9,11,14-15H2,1H3,(H,24,25). The van der Waals surface area contributed by atoms with E-state index in [0.29, 0.717) is 6.42 Å². The molecular weight excluding hydrogens is 320 g/mol. The summed E-state index contributed by atoms with van der Waals surface area (Å²) < 4.78 is 0. The maximum atomic E-state index is 11.4. The number of unbranched alkanes of at least 4 members (excludes halogenated alkanes) is 2. The Kier molecular flexibility index (Phi) is 14.3. The second-order valence-electron chi connectivity index (χ2n) is 5.81. The molecule has 0 aliphatic rings. The first-order chi connectivity index (χ1) is 12.0. The molecule has 0 heterocycles. The number of carboxylic acids is 1. The average molecular weight is 350 g/mol. The van der Waals surface area contributed by atoms with Gasteiger partial charge in [0.25, 0.3) is 0 Å². The minimum atomic E-state index is -1.07. The molecule has 0 bridgehead atoms. The van der Waals surface area contributed by atoms with Gasteiger partial charge in [-0.1, -0.05) is 62.6 Å². The Morgan fingerprint density at radius 2 is 1.60 bits per heavy atom. The van der Waals surface area contributed by atoms with Crippen LogP contribution >= 0.6 is 0 Å². The van der Waals surface area contributed by atoms with E-state index in [0.717, 1.165) is 38.2 Å². The Morgan fingerprint density at radius 1 is 0.920 bits per heavy atom. The zero-order chi connectivity index (χ0) is 18.9. The first kappa shape index (κ1) is 23.0. The summed E-state index contributed by atoms with van der Waals surface area (Å²) in [6.45, 7) is 1.97. The van der Waals surface area contributed by atoms with Gasteiger partial charge in [-0.3, -0.25) is 4.79 Å². The van der Waals surface area contributed by atoms with E-state index in [1.54, 1.807) is 30.4 Å². The Morgan fingerprint density at radius 3 is 2.28 bits per heavy atom. The number of aliphatic carboxylic acids is 1. The highest BCUT2D eigenvalue weighted by atomic mass is 16.4. The Hall–Kier alpha value is -1.98. The van der Waals surface area contributed by atoms with E-state index < -0.39 is 12.1 Å². The molecule has 0 fully saturated rings. The summed E-state index contributed by atoms with van der Waals surface area (Å²) in [5.74, 6) is -1.25. The van der Waals surface area contributed by atoms with Crippen LogP contribution in [0.25, 0.3) is 0 Å². The highest BCUT2D eigenvalue weighted by Crippen LogP contribution is 2.09. The van der Waals surface area contributed by atoms with Crippen LogP contribution in [0.3, 0.4) is 0 Å². The molecule has 25 heavy (non-hydrogen) atoms. The van der Waals surface area contributed by atoms with Crippen molar-refractivity contribution in [3.63, 3.8) is 0 Å². The van der Waals surface area contributed by atoms with Gasteiger partial charge in [-0.25, -0.2) is 4.79 Å². The zero-order valence-corrected chi connectivity index (χ0v) is 14.9. The van der Waals surface area contributed by atoms with E-state index in [2.05, 4.69) is 0 Å². The van der Waals surface area contributed by atoms with Crippen LogP contribution in [0.4, 0.5) is 0 Å². The third-order valence-electron chi connectivity index (χ3n) is 3.54.